The Morgan fingerprint density at radius 2 is 1.93 bits per heavy atom. The Balaban J connectivity index is 2.54. The molecular weight excluding hydrogens is 198 g/mol. The van der Waals surface area contributed by atoms with Gasteiger partial charge in [0.2, 0.25) is 0 Å². The van der Waals surface area contributed by atoms with Crippen LogP contribution < -0.4 is 0 Å². The van der Waals surface area contributed by atoms with Crippen molar-refractivity contribution in [3.63, 3.8) is 0 Å². The highest BCUT2D eigenvalue weighted by molar-refractivity contribution is 5.31. The molecule has 0 bridgehead atoms. The van der Waals surface area contributed by atoms with Gasteiger partial charge in [0.25, 0.3) is 6.43 Å². The van der Waals surface area contributed by atoms with E-state index in [9.17, 15) is 8.78 Å². The molecule has 1 aromatic carbocycles. The molecule has 0 N–H and O–H groups in total. The van der Waals surface area contributed by atoms with E-state index in [-0.39, 0.29) is 6.54 Å². The van der Waals surface area contributed by atoms with E-state index in [4.69, 9.17) is 5.26 Å². The summed E-state index contributed by atoms with van der Waals surface area (Å²) < 4.78 is 24.0. The summed E-state index contributed by atoms with van der Waals surface area (Å²) in [6.45, 7) is 0.232. The number of rotatable bonds is 4. The van der Waals surface area contributed by atoms with Crippen molar-refractivity contribution in [2.75, 3.05) is 13.6 Å². The fourth-order valence-electron chi connectivity index (χ4n) is 1.30. The Morgan fingerprint density at radius 1 is 1.33 bits per heavy atom. The first-order valence-corrected chi connectivity index (χ1v) is 4.57. The number of alkyl halides is 2. The molecule has 1 aromatic rings. The molecule has 0 heterocycles. The van der Waals surface area contributed by atoms with Crippen LogP contribution in [0.15, 0.2) is 24.3 Å². The van der Waals surface area contributed by atoms with E-state index in [1.807, 2.05) is 6.07 Å². The van der Waals surface area contributed by atoms with E-state index in [2.05, 4.69) is 0 Å². The molecule has 0 unspecified atom stereocenters. The van der Waals surface area contributed by atoms with Crippen LogP contribution in [0.3, 0.4) is 0 Å². The predicted octanol–water partition coefficient (Wildman–Crippen LogP) is 2.26. The van der Waals surface area contributed by atoms with Gasteiger partial charge in [0.15, 0.2) is 0 Å². The van der Waals surface area contributed by atoms with Crippen molar-refractivity contribution >= 4 is 0 Å². The second kappa shape index (κ2) is 5.42. The molecule has 0 saturated heterocycles. The Kier molecular flexibility index (Phi) is 4.19. The molecule has 0 aliphatic heterocycles. The van der Waals surface area contributed by atoms with Crippen LogP contribution in [0, 0.1) is 11.3 Å². The van der Waals surface area contributed by atoms with E-state index in [1.54, 1.807) is 36.2 Å². The standard InChI is InChI=1S/C11H12F2N2/c1-15(8-11(12)13)7-10-4-2-9(6-14)3-5-10/h2-5,11H,7-8H2,1H3. The molecule has 0 amide bonds. The molecule has 0 aliphatic rings. The summed E-state index contributed by atoms with van der Waals surface area (Å²) in [5.41, 5.74) is 1.51. The quantitative estimate of drug-likeness (QED) is 0.762. The van der Waals surface area contributed by atoms with Crippen LogP contribution in [-0.4, -0.2) is 24.9 Å². The van der Waals surface area contributed by atoms with Gasteiger partial charge in [0, 0.05) is 6.54 Å². The zero-order chi connectivity index (χ0) is 11.3. The van der Waals surface area contributed by atoms with Crippen LogP contribution in [0.5, 0.6) is 0 Å². The molecule has 0 radical (unpaired) electrons. The molecule has 15 heavy (non-hydrogen) atoms. The molecule has 0 aromatic heterocycles. The highest BCUT2D eigenvalue weighted by Gasteiger charge is 2.07. The van der Waals surface area contributed by atoms with Gasteiger partial charge in [0.1, 0.15) is 0 Å². The molecule has 0 aliphatic carbocycles. The van der Waals surface area contributed by atoms with Crippen LogP contribution in [0.1, 0.15) is 11.1 Å². The Labute approximate surface area is 87.7 Å². The van der Waals surface area contributed by atoms with Gasteiger partial charge in [-0.1, -0.05) is 12.1 Å². The number of halogens is 2. The van der Waals surface area contributed by atoms with Crippen molar-refractivity contribution in [1.29, 1.82) is 5.26 Å². The molecule has 80 valence electrons. The van der Waals surface area contributed by atoms with Crippen LogP contribution in [0.2, 0.25) is 0 Å². The second-order valence-corrected chi connectivity index (χ2v) is 3.40. The number of nitrogens with zero attached hydrogens (tertiary/aromatic N) is 2. The average Bonchev–Trinajstić information content (AvgIpc) is 2.17. The summed E-state index contributed by atoms with van der Waals surface area (Å²) in [5.74, 6) is 0. The fourth-order valence-corrected chi connectivity index (χ4v) is 1.30. The van der Waals surface area contributed by atoms with Gasteiger partial charge in [-0.15, -0.1) is 0 Å². The van der Waals surface area contributed by atoms with Crippen LogP contribution in [0.25, 0.3) is 0 Å². The predicted molar refractivity (Wildman–Crippen MR) is 53.5 cm³/mol. The second-order valence-electron chi connectivity index (χ2n) is 3.40. The highest BCUT2D eigenvalue weighted by Crippen LogP contribution is 2.07. The van der Waals surface area contributed by atoms with Crippen molar-refractivity contribution in [1.82, 2.24) is 4.90 Å². The van der Waals surface area contributed by atoms with E-state index in [0.717, 1.165) is 5.56 Å². The maximum absolute atomic E-state index is 12.0. The monoisotopic (exact) mass is 210 g/mol. The summed E-state index contributed by atoms with van der Waals surface area (Å²) in [7, 11) is 1.64. The van der Waals surface area contributed by atoms with E-state index in [1.165, 1.54) is 0 Å². The first-order chi connectivity index (χ1) is 7.11. The maximum Gasteiger partial charge on any atom is 0.251 e. The lowest BCUT2D eigenvalue weighted by Crippen LogP contribution is -2.23. The molecule has 4 heteroatoms. The van der Waals surface area contributed by atoms with Gasteiger partial charge in [-0.05, 0) is 24.7 Å². The molecule has 0 spiro atoms. The van der Waals surface area contributed by atoms with Gasteiger partial charge in [0.05, 0.1) is 18.2 Å². The zero-order valence-electron chi connectivity index (χ0n) is 8.45. The van der Waals surface area contributed by atoms with Gasteiger partial charge in [-0.2, -0.15) is 5.26 Å². The Morgan fingerprint density at radius 3 is 2.40 bits per heavy atom. The molecule has 0 saturated carbocycles. The zero-order valence-corrected chi connectivity index (χ0v) is 8.45. The third-order valence-corrected chi connectivity index (χ3v) is 1.99. The van der Waals surface area contributed by atoms with Crippen molar-refractivity contribution in [2.45, 2.75) is 13.0 Å². The topological polar surface area (TPSA) is 27.0 Å². The van der Waals surface area contributed by atoms with Gasteiger partial charge in [-0.3, -0.25) is 4.90 Å². The Bertz CT molecular complexity index is 341. The summed E-state index contributed by atoms with van der Waals surface area (Å²) in [4.78, 5) is 1.55. The Hall–Kier alpha value is -1.47. The normalized spacial score (nSPS) is 10.7. The third-order valence-electron chi connectivity index (χ3n) is 1.99. The smallest absolute Gasteiger partial charge is 0.251 e. The summed E-state index contributed by atoms with van der Waals surface area (Å²) in [5, 5.41) is 8.57. The lowest BCUT2D eigenvalue weighted by atomic mass is 10.1. The minimum atomic E-state index is -2.31. The average molecular weight is 210 g/mol. The maximum atomic E-state index is 12.0. The van der Waals surface area contributed by atoms with Crippen molar-refractivity contribution in [3.8, 4) is 6.07 Å². The minimum Gasteiger partial charge on any atom is -0.297 e. The summed E-state index contributed by atoms with van der Waals surface area (Å²) >= 11 is 0. The van der Waals surface area contributed by atoms with Crippen LogP contribution in [-0.2, 0) is 6.54 Å². The lowest BCUT2D eigenvalue weighted by Gasteiger charge is -2.15. The lowest BCUT2D eigenvalue weighted by molar-refractivity contribution is 0.0975. The van der Waals surface area contributed by atoms with Gasteiger partial charge >= 0.3 is 0 Å². The molecule has 0 fully saturated rings. The van der Waals surface area contributed by atoms with Crippen LogP contribution >= 0.6 is 0 Å². The molecule has 1 rings (SSSR count). The van der Waals surface area contributed by atoms with E-state index < -0.39 is 6.43 Å². The number of benzene rings is 1. The summed E-state index contributed by atoms with van der Waals surface area (Å²) in [6, 6.07) is 8.93. The number of hydrogen-bond donors (Lipinski definition) is 0. The van der Waals surface area contributed by atoms with Crippen molar-refractivity contribution in [2.24, 2.45) is 0 Å². The molecule has 0 atom stereocenters. The molecular formula is C11H12F2N2. The van der Waals surface area contributed by atoms with Crippen molar-refractivity contribution in [3.05, 3.63) is 35.4 Å². The largest absolute Gasteiger partial charge is 0.297 e. The van der Waals surface area contributed by atoms with E-state index >= 15 is 0 Å². The first kappa shape index (κ1) is 11.6. The third kappa shape index (κ3) is 4.05. The first-order valence-electron chi connectivity index (χ1n) is 4.57. The molecule has 2 nitrogen and oxygen atoms in total. The van der Waals surface area contributed by atoms with Crippen molar-refractivity contribution < 1.29 is 8.78 Å². The van der Waals surface area contributed by atoms with Gasteiger partial charge < -0.3 is 0 Å². The summed E-state index contributed by atoms with van der Waals surface area (Å²) in [6.07, 6.45) is -2.31. The minimum absolute atomic E-state index is 0.236. The van der Waals surface area contributed by atoms with Gasteiger partial charge in [-0.25, -0.2) is 8.78 Å². The fraction of sp³-hybridized carbons (Fsp3) is 0.364. The van der Waals surface area contributed by atoms with E-state index in [0.29, 0.717) is 12.1 Å². The highest BCUT2D eigenvalue weighted by atomic mass is 19.3. The number of nitriles is 1. The van der Waals surface area contributed by atoms with Crippen LogP contribution in [0.4, 0.5) is 8.78 Å². The SMILES string of the molecule is CN(Cc1ccc(C#N)cc1)CC(F)F. The number of hydrogen-bond acceptors (Lipinski definition) is 2.